The lowest BCUT2D eigenvalue weighted by atomic mass is 9.95. The van der Waals surface area contributed by atoms with Crippen molar-refractivity contribution in [2.45, 2.75) is 44.8 Å². The summed E-state index contributed by atoms with van der Waals surface area (Å²) >= 11 is 0. The van der Waals surface area contributed by atoms with E-state index in [1.807, 2.05) is 18.2 Å². The van der Waals surface area contributed by atoms with Crippen LogP contribution in [0.5, 0.6) is 0 Å². The highest BCUT2D eigenvalue weighted by atomic mass is 16.5. The number of carbonyl (C=O) groups is 1. The third-order valence-electron chi connectivity index (χ3n) is 4.05. The molecule has 7 heteroatoms. The van der Waals surface area contributed by atoms with Crippen LogP contribution in [0, 0.1) is 0 Å². The monoisotopic (exact) mass is 315 g/mol. The summed E-state index contributed by atoms with van der Waals surface area (Å²) in [7, 11) is 0. The summed E-state index contributed by atoms with van der Waals surface area (Å²) in [5.74, 6) is 0.458. The summed E-state index contributed by atoms with van der Waals surface area (Å²) in [5, 5.41) is 16.9. The summed E-state index contributed by atoms with van der Waals surface area (Å²) in [4.78, 5) is 12.4. The average Bonchev–Trinajstić information content (AvgIpc) is 3.09. The number of nitrogens with one attached hydrogen (secondary N) is 2. The van der Waals surface area contributed by atoms with Crippen LogP contribution >= 0.6 is 0 Å². The van der Waals surface area contributed by atoms with Crippen LogP contribution in [0.2, 0.25) is 0 Å². The van der Waals surface area contributed by atoms with Gasteiger partial charge in [-0.05, 0) is 24.0 Å². The first-order chi connectivity index (χ1) is 11.3. The van der Waals surface area contributed by atoms with Gasteiger partial charge in [0, 0.05) is 0 Å². The molecule has 0 saturated carbocycles. The number of hydrogen-bond donors (Lipinski definition) is 2. The average molecular weight is 315 g/mol. The minimum absolute atomic E-state index is 0.0602. The lowest BCUT2D eigenvalue weighted by Crippen LogP contribution is -2.31. The van der Waals surface area contributed by atoms with Gasteiger partial charge in [-0.1, -0.05) is 42.8 Å². The molecule has 1 aromatic heterocycles. The number of nitrogens with zero attached hydrogens (tertiary/aromatic N) is 3. The molecule has 1 aliphatic heterocycles. The summed E-state index contributed by atoms with van der Waals surface area (Å²) in [6.07, 6.45) is 2.70. The van der Waals surface area contributed by atoms with Gasteiger partial charge in [-0.25, -0.2) is 0 Å². The van der Waals surface area contributed by atoms with E-state index >= 15 is 0 Å². The van der Waals surface area contributed by atoms with Crippen molar-refractivity contribution in [3.8, 4) is 0 Å². The number of tetrazole rings is 1. The van der Waals surface area contributed by atoms with E-state index in [0.717, 1.165) is 24.8 Å². The first kappa shape index (κ1) is 15.6. The Hall–Kier alpha value is -2.28. The van der Waals surface area contributed by atoms with Crippen LogP contribution in [-0.2, 0) is 16.0 Å². The largest absolute Gasteiger partial charge is 0.373 e. The molecule has 1 amide bonds. The molecule has 0 saturated heterocycles. The fraction of sp³-hybridized carbons (Fsp3) is 0.500. The van der Waals surface area contributed by atoms with Gasteiger partial charge in [0.05, 0.1) is 25.2 Å². The summed E-state index contributed by atoms with van der Waals surface area (Å²) < 4.78 is 5.80. The summed E-state index contributed by atoms with van der Waals surface area (Å²) in [6.45, 7) is 2.71. The van der Waals surface area contributed by atoms with Crippen LogP contribution in [0.15, 0.2) is 24.3 Å². The number of benzene rings is 1. The molecule has 1 aliphatic rings. The predicted octanol–water partition coefficient (Wildman–Crippen LogP) is 1.86. The molecular formula is C16H21N5O2. The van der Waals surface area contributed by atoms with Gasteiger partial charge in [-0.2, -0.15) is 5.21 Å². The zero-order valence-corrected chi connectivity index (χ0v) is 13.2. The zero-order chi connectivity index (χ0) is 16.1. The minimum Gasteiger partial charge on any atom is -0.373 e. The van der Waals surface area contributed by atoms with Gasteiger partial charge in [0.25, 0.3) is 0 Å². The van der Waals surface area contributed by atoms with Crippen molar-refractivity contribution in [2.24, 2.45) is 0 Å². The number of aromatic nitrogens is 4. The zero-order valence-electron chi connectivity index (χ0n) is 13.2. The number of ether oxygens (including phenoxy) is 1. The van der Waals surface area contributed by atoms with Crippen molar-refractivity contribution in [1.29, 1.82) is 0 Å². The minimum atomic E-state index is -0.218. The fourth-order valence-electron chi connectivity index (χ4n) is 2.94. The van der Waals surface area contributed by atoms with Gasteiger partial charge in [-0.3, -0.25) is 4.79 Å². The van der Waals surface area contributed by atoms with E-state index in [1.165, 1.54) is 5.56 Å². The molecule has 7 nitrogen and oxygen atoms in total. The van der Waals surface area contributed by atoms with Gasteiger partial charge < -0.3 is 10.1 Å². The third kappa shape index (κ3) is 3.73. The van der Waals surface area contributed by atoms with Gasteiger partial charge in [0.1, 0.15) is 0 Å². The number of carbonyl (C=O) groups excluding carboxylic acids is 1. The van der Waals surface area contributed by atoms with E-state index in [1.54, 1.807) is 0 Å². The quantitative estimate of drug-likeness (QED) is 0.849. The molecule has 0 unspecified atom stereocenters. The molecule has 0 bridgehead atoms. The number of rotatable bonds is 6. The fourth-order valence-corrected chi connectivity index (χ4v) is 2.94. The Morgan fingerprint density at radius 1 is 1.48 bits per heavy atom. The highest BCUT2D eigenvalue weighted by molar-refractivity contribution is 5.77. The molecule has 2 aromatic rings. The number of amides is 1. The van der Waals surface area contributed by atoms with Crippen LogP contribution in [0.25, 0.3) is 0 Å². The van der Waals surface area contributed by atoms with Crippen molar-refractivity contribution in [1.82, 2.24) is 25.9 Å². The highest BCUT2D eigenvalue weighted by Crippen LogP contribution is 2.29. The second-order valence-corrected chi connectivity index (χ2v) is 5.69. The Labute approximate surface area is 134 Å². The summed E-state index contributed by atoms with van der Waals surface area (Å²) in [6, 6.07) is 7.92. The molecule has 23 heavy (non-hydrogen) atoms. The van der Waals surface area contributed by atoms with Crippen LogP contribution in [0.4, 0.5) is 0 Å². The van der Waals surface area contributed by atoms with Gasteiger partial charge in [0.15, 0.2) is 5.82 Å². The van der Waals surface area contributed by atoms with E-state index < -0.39 is 0 Å². The van der Waals surface area contributed by atoms with Gasteiger partial charge in [-0.15, -0.1) is 10.2 Å². The maximum Gasteiger partial charge on any atom is 0.223 e. The van der Waals surface area contributed by atoms with Crippen molar-refractivity contribution in [3.05, 3.63) is 41.2 Å². The maximum absolute atomic E-state index is 12.4. The Balaban J connectivity index is 1.65. The molecule has 2 atom stereocenters. The first-order valence-electron chi connectivity index (χ1n) is 8.00. The Morgan fingerprint density at radius 2 is 2.35 bits per heavy atom. The van der Waals surface area contributed by atoms with Crippen LogP contribution in [0.1, 0.15) is 55.3 Å². The second kappa shape index (κ2) is 7.32. The molecule has 122 valence electrons. The molecule has 0 fully saturated rings. The first-order valence-corrected chi connectivity index (χ1v) is 8.00. The number of H-pyrrole nitrogens is 1. The van der Waals surface area contributed by atoms with E-state index in [9.17, 15) is 4.79 Å². The maximum atomic E-state index is 12.4. The standard InChI is InChI=1S/C16H21N5O2/c1-2-5-13(16-18-20-21-19-16)17-15(22)10-14-12-7-4-3-6-11(12)8-9-23-14/h3-4,6-7,13-14H,2,5,8-10H2,1H3,(H,17,22)(H,18,19,20,21)/t13-,14+/m0/s1. The van der Waals surface area contributed by atoms with E-state index in [2.05, 4.69) is 38.9 Å². The van der Waals surface area contributed by atoms with Crippen LogP contribution in [-0.4, -0.2) is 33.1 Å². The molecule has 1 aromatic carbocycles. The molecule has 0 radical (unpaired) electrons. The van der Waals surface area contributed by atoms with Crippen LogP contribution in [0.3, 0.4) is 0 Å². The smallest absolute Gasteiger partial charge is 0.223 e. The molecular weight excluding hydrogens is 294 g/mol. The molecule has 0 aliphatic carbocycles. The number of hydrogen-bond acceptors (Lipinski definition) is 5. The van der Waals surface area contributed by atoms with Crippen molar-refractivity contribution in [2.75, 3.05) is 6.61 Å². The van der Waals surface area contributed by atoms with Crippen molar-refractivity contribution >= 4 is 5.91 Å². The van der Waals surface area contributed by atoms with E-state index in [-0.39, 0.29) is 18.1 Å². The van der Waals surface area contributed by atoms with E-state index in [4.69, 9.17) is 4.74 Å². The van der Waals surface area contributed by atoms with Gasteiger partial charge >= 0.3 is 0 Å². The second-order valence-electron chi connectivity index (χ2n) is 5.69. The summed E-state index contributed by atoms with van der Waals surface area (Å²) in [5.41, 5.74) is 2.38. The topological polar surface area (TPSA) is 92.8 Å². The Bertz CT molecular complexity index is 644. The molecule has 0 spiro atoms. The highest BCUT2D eigenvalue weighted by Gasteiger charge is 2.25. The van der Waals surface area contributed by atoms with E-state index in [0.29, 0.717) is 18.9 Å². The van der Waals surface area contributed by atoms with Gasteiger partial charge in [0.2, 0.25) is 5.91 Å². The number of aromatic amines is 1. The Kier molecular flexibility index (Phi) is 4.97. The number of fused-ring (bicyclic) bond motifs is 1. The molecule has 2 N–H and O–H groups in total. The van der Waals surface area contributed by atoms with Crippen molar-refractivity contribution < 1.29 is 9.53 Å². The lowest BCUT2D eigenvalue weighted by Gasteiger charge is -2.26. The lowest BCUT2D eigenvalue weighted by molar-refractivity contribution is -0.125. The SMILES string of the molecule is CCC[C@H](NC(=O)C[C@H]1OCCc2ccccc21)c1nn[nH]n1. The Morgan fingerprint density at radius 3 is 3.13 bits per heavy atom. The van der Waals surface area contributed by atoms with Crippen LogP contribution < -0.4 is 5.32 Å². The third-order valence-corrected chi connectivity index (χ3v) is 4.05. The predicted molar refractivity (Wildman–Crippen MR) is 83.4 cm³/mol. The molecule has 2 heterocycles. The van der Waals surface area contributed by atoms with Crippen molar-refractivity contribution in [3.63, 3.8) is 0 Å². The molecule has 3 rings (SSSR count). The normalized spacial score (nSPS) is 18.2.